The van der Waals surface area contributed by atoms with E-state index in [9.17, 15) is 9.18 Å². The molecule has 0 unspecified atom stereocenters. The van der Waals surface area contributed by atoms with Gasteiger partial charge in [-0.3, -0.25) is 4.79 Å². The van der Waals surface area contributed by atoms with Crippen molar-refractivity contribution in [3.8, 4) is 0 Å². The molecular formula is C17H15ClFNO2. The Morgan fingerprint density at radius 3 is 2.73 bits per heavy atom. The molecule has 0 aromatic heterocycles. The van der Waals surface area contributed by atoms with Crippen molar-refractivity contribution >= 4 is 17.5 Å². The van der Waals surface area contributed by atoms with Crippen molar-refractivity contribution in [1.82, 2.24) is 4.90 Å². The Bertz CT molecular complexity index is 686. The zero-order valence-electron chi connectivity index (χ0n) is 11.8. The predicted octanol–water partition coefficient (Wildman–Crippen LogP) is 3.52. The largest absolute Gasteiger partial charge is 0.370 e. The van der Waals surface area contributed by atoms with Crippen LogP contribution in [0.3, 0.4) is 0 Å². The number of carbonyl (C=O) groups excluding carboxylic acids is 1. The highest BCUT2D eigenvalue weighted by Crippen LogP contribution is 2.22. The normalized spacial score (nSPS) is 14.7. The van der Waals surface area contributed by atoms with Crippen LogP contribution < -0.4 is 0 Å². The van der Waals surface area contributed by atoms with Crippen molar-refractivity contribution in [3.05, 3.63) is 70.5 Å². The number of hydrogen-bond donors (Lipinski definition) is 0. The molecule has 1 heterocycles. The van der Waals surface area contributed by atoms with E-state index in [1.807, 2.05) is 6.07 Å². The second-order valence-electron chi connectivity index (χ2n) is 5.25. The zero-order chi connectivity index (χ0) is 15.5. The monoisotopic (exact) mass is 319 g/mol. The van der Waals surface area contributed by atoms with Gasteiger partial charge in [0, 0.05) is 13.1 Å². The second kappa shape index (κ2) is 6.46. The molecule has 1 saturated heterocycles. The summed E-state index contributed by atoms with van der Waals surface area (Å²) in [7, 11) is 0. The zero-order valence-corrected chi connectivity index (χ0v) is 12.6. The van der Waals surface area contributed by atoms with Crippen molar-refractivity contribution in [2.45, 2.75) is 12.7 Å². The van der Waals surface area contributed by atoms with E-state index < -0.39 is 0 Å². The average molecular weight is 320 g/mol. The van der Waals surface area contributed by atoms with Gasteiger partial charge in [-0.05, 0) is 29.8 Å². The minimum absolute atomic E-state index is 0.0188. The lowest BCUT2D eigenvalue weighted by molar-refractivity contribution is -0.0503. The molecule has 0 N–H and O–H groups in total. The Labute approximate surface area is 133 Å². The molecule has 0 saturated carbocycles. The van der Waals surface area contributed by atoms with Crippen LogP contribution >= 0.6 is 11.6 Å². The van der Waals surface area contributed by atoms with Crippen LogP contribution in [-0.4, -0.2) is 30.0 Å². The van der Waals surface area contributed by atoms with E-state index in [-0.39, 0.29) is 17.8 Å². The maximum absolute atomic E-state index is 13.1. The average Bonchev–Trinajstić information content (AvgIpc) is 2.46. The molecule has 22 heavy (non-hydrogen) atoms. The molecule has 3 nitrogen and oxygen atoms in total. The van der Waals surface area contributed by atoms with Gasteiger partial charge in [-0.1, -0.05) is 35.9 Å². The van der Waals surface area contributed by atoms with Crippen LogP contribution in [0.2, 0.25) is 5.02 Å². The fourth-order valence-electron chi connectivity index (χ4n) is 2.36. The van der Waals surface area contributed by atoms with Crippen LogP contribution in [0.4, 0.5) is 4.39 Å². The number of hydrogen-bond acceptors (Lipinski definition) is 2. The number of benzene rings is 2. The van der Waals surface area contributed by atoms with Gasteiger partial charge in [0.2, 0.25) is 0 Å². The second-order valence-corrected chi connectivity index (χ2v) is 5.66. The van der Waals surface area contributed by atoms with Crippen LogP contribution in [0.15, 0.2) is 48.5 Å². The number of nitrogens with zero attached hydrogens (tertiary/aromatic N) is 1. The first-order valence-corrected chi connectivity index (χ1v) is 7.41. The number of halogens is 2. The van der Waals surface area contributed by atoms with E-state index in [0.717, 1.165) is 5.56 Å². The summed E-state index contributed by atoms with van der Waals surface area (Å²) >= 11 is 6.02. The third-order valence-electron chi connectivity index (χ3n) is 3.61. The Morgan fingerprint density at radius 1 is 1.23 bits per heavy atom. The third kappa shape index (κ3) is 3.29. The first kappa shape index (κ1) is 15.0. The SMILES string of the molecule is O=C(c1ccccc1Cl)N1CC(OCc2cccc(F)c2)C1. The van der Waals surface area contributed by atoms with Crippen LogP contribution in [0.25, 0.3) is 0 Å². The number of ether oxygens (including phenoxy) is 1. The minimum Gasteiger partial charge on any atom is -0.370 e. The van der Waals surface area contributed by atoms with E-state index in [4.69, 9.17) is 16.3 Å². The van der Waals surface area contributed by atoms with Crippen LogP contribution in [0.5, 0.6) is 0 Å². The molecule has 1 aliphatic heterocycles. The van der Waals surface area contributed by atoms with Crippen molar-refractivity contribution in [1.29, 1.82) is 0 Å². The highest BCUT2D eigenvalue weighted by atomic mass is 35.5. The Balaban J connectivity index is 1.50. The number of rotatable bonds is 4. The third-order valence-corrected chi connectivity index (χ3v) is 3.94. The molecule has 0 atom stereocenters. The van der Waals surface area contributed by atoms with E-state index in [1.54, 1.807) is 35.2 Å². The molecule has 2 aromatic rings. The first-order chi connectivity index (χ1) is 10.6. The van der Waals surface area contributed by atoms with Crippen LogP contribution in [-0.2, 0) is 11.3 Å². The topological polar surface area (TPSA) is 29.5 Å². The van der Waals surface area contributed by atoms with Gasteiger partial charge in [0.15, 0.2) is 0 Å². The number of carbonyl (C=O) groups is 1. The van der Waals surface area contributed by atoms with Gasteiger partial charge < -0.3 is 9.64 Å². The lowest BCUT2D eigenvalue weighted by Crippen LogP contribution is -2.54. The van der Waals surface area contributed by atoms with Crippen molar-refractivity contribution < 1.29 is 13.9 Å². The van der Waals surface area contributed by atoms with Gasteiger partial charge in [-0.15, -0.1) is 0 Å². The quantitative estimate of drug-likeness (QED) is 0.863. The van der Waals surface area contributed by atoms with Gasteiger partial charge in [-0.2, -0.15) is 0 Å². The lowest BCUT2D eigenvalue weighted by atomic mass is 10.1. The molecule has 1 aliphatic rings. The Hall–Kier alpha value is -1.91. The van der Waals surface area contributed by atoms with Crippen molar-refractivity contribution in [2.24, 2.45) is 0 Å². The summed E-state index contributed by atoms with van der Waals surface area (Å²) in [5.74, 6) is -0.360. The summed E-state index contributed by atoms with van der Waals surface area (Å²) < 4.78 is 18.7. The summed E-state index contributed by atoms with van der Waals surface area (Å²) in [5, 5.41) is 0.455. The molecule has 5 heteroatoms. The minimum atomic E-state index is -0.273. The lowest BCUT2D eigenvalue weighted by Gasteiger charge is -2.39. The molecule has 0 spiro atoms. The molecule has 1 amide bonds. The highest BCUT2D eigenvalue weighted by molar-refractivity contribution is 6.33. The molecule has 3 rings (SSSR count). The van der Waals surface area contributed by atoms with E-state index in [1.165, 1.54) is 12.1 Å². The smallest absolute Gasteiger partial charge is 0.255 e. The summed E-state index contributed by atoms with van der Waals surface area (Å²) in [5.41, 5.74) is 1.30. The molecule has 114 valence electrons. The fourth-order valence-corrected chi connectivity index (χ4v) is 2.57. The predicted molar refractivity (Wildman–Crippen MR) is 82.3 cm³/mol. The molecule has 0 radical (unpaired) electrons. The Morgan fingerprint density at radius 2 is 2.00 bits per heavy atom. The van der Waals surface area contributed by atoms with Crippen molar-refractivity contribution in [3.63, 3.8) is 0 Å². The first-order valence-electron chi connectivity index (χ1n) is 7.03. The molecule has 0 bridgehead atoms. The number of amides is 1. The van der Waals surface area contributed by atoms with Crippen molar-refractivity contribution in [2.75, 3.05) is 13.1 Å². The van der Waals surface area contributed by atoms with E-state index in [0.29, 0.717) is 30.3 Å². The van der Waals surface area contributed by atoms with Gasteiger partial charge in [0.1, 0.15) is 5.82 Å². The molecule has 2 aromatic carbocycles. The molecule has 0 aliphatic carbocycles. The van der Waals surface area contributed by atoms with Gasteiger partial charge in [-0.25, -0.2) is 4.39 Å². The number of likely N-dealkylation sites (tertiary alicyclic amines) is 1. The fraction of sp³-hybridized carbons (Fsp3) is 0.235. The highest BCUT2D eigenvalue weighted by Gasteiger charge is 2.32. The van der Waals surface area contributed by atoms with Gasteiger partial charge in [0.25, 0.3) is 5.91 Å². The summed E-state index contributed by atoms with van der Waals surface area (Å²) in [6, 6.07) is 13.3. The summed E-state index contributed by atoms with van der Waals surface area (Å²) in [6.45, 7) is 1.40. The van der Waals surface area contributed by atoms with Gasteiger partial charge >= 0.3 is 0 Å². The maximum Gasteiger partial charge on any atom is 0.255 e. The standard InChI is InChI=1S/C17H15ClFNO2/c18-16-7-2-1-6-15(16)17(21)20-9-14(10-20)22-11-12-4-3-5-13(19)8-12/h1-8,14H,9-11H2. The Kier molecular flexibility index (Phi) is 4.41. The van der Waals surface area contributed by atoms with Gasteiger partial charge in [0.05, 0.1) is 23.3 Å². The van der Waals surface area contributed by atoms with Crippen LogP contribution in [0, 0.1) is 5.82 Å². The summed E-state index contributed by atoms with van der Waals surface area (Å²) in [6.07, 6.45) is -0.0188. The molecule has 1 fully saturated rings. The van der Waals surface area contributed by atoms with Crippen LogP contribution in [0.1, 0.15) is 15.9 Å². The van der Waals surface area contributed by atoms with E-state index in [2.05, 4.69) is 0 Å². The molecular weight excluding hydrogens is 305 g/mol. The van der Waals surface area contributed by atoms with E-state index >= 15 is 0 Å². The summed E-state index contributed by atoms with van der Waals surface area (Å²) in [4.78, 5) is 13.9. The maximum atomic E-state index is 13.1.